The van der Waals surface area contributed by atoms with Crippen LogP contribution >= 0.6 is 0 Å². The van der Waals surface area contributed by atoms with Gasteiger partial charge in [0.15, 0.2) is 0 Å². The smallest absolute Gasteiger partial charge is 0.0613 e. The molecular formula is C13H19NO. The molecule has 1 saturated carbocycles. The van der Waals surface area contributed by atoms with E-state index in [0.717, 1.165) is 19.4 Å². The maximum Gasteiger partial charge on any atom is 0.0613 e. The SMILES string of the molecule is OCC1(NCc2ccccc2)CCCC1. The number of hydrogen-bond donors (Lipinski definition) is 2. The van der Waals surface area contributed by atoms with E-state index in [4.69, 9.17) is 0 Å². The molecule has 1 fully saturated rings. The van der Waals surface area contributed by atoms with Crippen LogP contribution in [-0.2, 0) is 6.54 Å². The van der Waals surface area contributed by atoms with E-state index in [-0.39, 0.29) is 12.1 Å². The highest BCUT2D eigenvalue weighted by atomic mass is 16.3. The van der Waals surface area contributed by atoms with Crippen LogP contribution < -0.4 is 5.32 Å². The summed E-state index contributed by atoms with van der Waals surface area (Å²) in [7, 11) is 0. The van der Waals surface area contributed by atoms with Crippen molar-refractivity contribution in [1.29, 1.82) is 0 Å². The van der Waals surface area contributed by atoms with Crippen LogP contribution in [0.3, 0.4) is 0 Å². The van der Waals surface area contributed by atoms with E-state index in [9.17, 15) is 5.11 Å². The Morgan fingerprint density at radius 2 is 1.80 bits per heavy atom. The van der Waals surface area contributed by atoms with E-state index >= 15 is 0 Å². The first-order valence-electron chi connectivity index (χ1n) is 5.74. The summed E-state index contributed by atoms with van der Waals surface area (Å²) in [5.41, 5.74) is 1.28. The highest BCUT2D eigenvalue weighted by molar-refractivity contribution is 5.14. The number of nitrogens with one attached hydrogen (secondary N) is 1. The molecule has 1 aliphatic rings. The molecule has 0 aliphatic heterocycles. The summed E-state index contributed by atoms with van der Waals surface area (Å²) in [5, 5.41) is 12.9. The molecule has 0 unspecified atom stereocenters. The molecule has 1 aromatic rings. The van der Waals surface area contributed by atoms with E-state index < -0.39 is 0 Å². The molecule has 2 rings (SSSR count). The molecule has 0 atom stereocenters. The van der Waals surface area contributed by atoms with E-state index in [1.54, 1.807) is 0 Å². The summed E-state index contributed by atoms with van der Waals surface area (Å²) in [6.45, 7) is 1.13. The lowest BCUT2D eigenvalue weighted by Gasteiger charge is -2.28. The van der Waals surface area contributed by atoms with Gasteiger partial charge in [0.1, 0.15) is 0 Å². The van der Waals surface area contributed by atoms with Gasteiger partial charge < -0.3 is 10.4 Å². The Morgan fingerprint density at radius 3 is 2.40 bits per heavy atom. The van der Waals surface area contributed by atoms with Gasteiger partial charge in [-0.15, -0.1) is 0 Å². The molecule has 82 valence electrons. The second-order valence-electron chi connectivity index (χ2n) is 4.48. The maximum absolute atomic E-state index is 9.43. The van der Waals surface area contributed by atoms with E-state index in [0.29, 0.717) is 0 Å². The average molecular weight is 205 g/mol. The lowest BCUT2D eigenvalue weighted by atomic mass is 9.98. The summed E-state index contributed by atoms with van der Waals surface area (Å²) in [6, 6.07) is 10.4. The number of aliphatic hydroxyl groups is 1. The van der Waals surface area contributed by atoms with Gasteiger partial charge in [-0.25, -0.2) is 0 Å². The van der Waals surface area contributed by atoms with Crippen LogP contribution in [0.15, 0.2) is 30.3 Å². The van der Waals surface area contributed by atoms with Crippen LogP contribution in [0.25, 0.3) is 0 Å². The lowest BCUT2D eigenvalue weighted by molar-refractivity contribution is 0.163. The lowest BCUT2D eigenvalue weighted by Crippen LogP contribution is -2.45. The standard InChI is InChI=1S/C13H19NO/c15-11-13(8-4-5-9-13)14-10-12-6-2-1-3-7-12/h1-3,6-7,14-15H,4-5,8-11H2. The van der Waals surface area contributed by atoms with Crippen molar-refractivity contribution in [3.63, 3.8) is 0 Å². The largest absolute Gasteiger partial charge is 0.394 e. The Balaban J connectivity index is 1.92. The zero-order valence-corrected chi connectivity index (χ0v) is 9.08. The molecule has 0 radical (unpaired) electrons. The van der Waals surface area contributed by atoms with Gasteiger partial charge in [-0.3, -0.25) is 0 Å². The predicted molar refractivity (Wildman–Crippen MR) is 61.6 cm³/mol. The molecule has 0 saturated heterocycles. The van der Waals surface area contributed by atoms with Gasteiger partial charge in [-0.1, -0.05) is 43.2 Å². The Kier molecular flexibility index (Phi) is 3.39. The first-order valence-corrected chi connectivity index (χ1v) is 5.74. The van der Waals surface area contributed by atoms with Crippen LogP contribution in [0, 0.1) is 0 Å². The molecule has 1 aromatic carbocycles. The summed E-state index contributed by atoms with van der Waals surface area (Å²) in [6.07, 6.45) is 4.69. The van der Waals surface area contributed by atoms with Crippen LogP contribution in [-0.4, -0.2) is 17.3 Å². The quantitative estimate of drug-likeness (QED) is 0.788. The van der Waals surface area contributed by atoms with Crippen LogP contribution in [0.2, 0.25) is 0 Å². The number of hydrogen-bond acceptors (Lipinski definition) is 2. The van der Waals surface area contributed by atoms with Gasteiger partial charge in [0.2, 0.25) is 0 Å². The van der Waals surface area contributed by atoms with E-state index in [1.165, 1.54) is 18.4 Å². The van der Waals surface area contributed by atoms with Gasteiger partial charge >= 0.3 is 0 Å². The highest BCUT2D eigenvalue weighted by Gasteiger charge is 2.32. The fourth-order valence-electron chi connectivity index (χ4n) is 2.33. The number of benzene rings is 1. The van der Waals surface area contributed by atoms with E-state index in [2.05, 4.69) is 29.6 Å². The summed E-state index contributed by atoms with van der Waals surface area (Å²) in [5.74, 6) is 0. The Labute approximate surface area is 91.3 Å². The summed E-state index contributed by atoms with van der Waals surface area (Å²) >= 11 is 0. The topological polar surface area (TPSA) is 32.3 Å². The second kappa shape index (κ2) is 4.77. The van der Waals surface area contributed by atoms with E-state index in [1.807, 2.05) is 6.07 Å². The van der Waals surface area contributed by atoms with Crippen molar-refractivity contribution in [1.82, 2.24) is 5.32 Å². The summed E-state index contributed by atoms with van der Waals surface area (Å²) in [4.78, 5) is 0. The molecule has 15 heavy (non-hydrogen) atoms. The summed E-state index contributed by atoms with van der Waals surface area (Å²) < 4.78 is 0. The molecule has 1 aliphatic carbocycles. The number of rotatable bonds is 4. The predicted octanol–water partition coefficient (Wildman–Crippen LogP) is 2.08. The molecule has 2 nitrogen and oxygen atoms in total. The minimum absolute atomic E-state index is 0.00413. The normalized spacial score (nSPS) is 19.3. The van der Waals surface area contributed by atoms with Gasteiger partial charge in [0, 0.05) is 12.1 Å². The van der Waals surface area contributed by atoms with Crippen molar-refractivity contribution in [2.45, 2.75) is 37.8 Å². The van der Waals surface area contributed by atoms with Crippen molar-refractivity contribution in [2.75, 3.05) is 6.61 Å². The molecule has 0 amide bonds. The third-order valence-corrected chi connectivity index (χ3v) is 3.37. The first kappa shape index (κ1) is 10.7. The molecule has 2 N–H and O–H groups in total. The van der Waals surface area contributed by atoms with Gasteiger partial charge in [0.05, 0.1) is 6.61 Å². The van der Waals surface area contributed by atoms with Gasteiger partial charge in [0.25, 0.3) is 0 Å². The molecule has 0 aromatic heterocycles. The Morgan fingerprint density at radius 1 is 1.13 bits per heavy atom. The van der Waals surface area contributed by atoms with Crippen molar-refractivity contribution >= 4 is 0 Å². The van der Waals surface area contributed by atoms with Crippen molar-refractivity contribution in [3.8, 4) is 0 Å². The number of aliphatic hydroxyl groups excluding tert-OH is 1. The van der Waals surface area contributed by atoms with Crippen LogP contribution in [0.4, 0.5) is 0 Å². The van der Waals surface area contributed by atoms with Crippen molar-refractivity contribution in [2.24, 2.45) is 0 Å². The third kappa shape index (κ3) is 2.58. The molecule has 0 heterocycles. The molecule has 2 heteroatoms. The zero-order valence-electron chi connectivity index (χ0n) is 9.08. The Bertz CT molecular complexity index is 291. The monoisotopic (exact) mass is 205 g/mol. The second-order valence-corrected chi connectivity index (χ2v) is 4.48. The maximum atomic E-state index is 9.43. The van der Waals surface area contributed by atoms with Gasteiger partial charge in [-0.05, 0) is 18.4 Å². The third-order valence-electron chi connectivity index (χ3n) is 3.37. The first-order chi connectivity index (χ1) is 7.35. The fraction of sp³-hybridized carbons (Fsp3) is 0.538. The van der Waals surface area contributed by atoms with Crippen LogP contribution in [0.1, 0.15) is 31.2 Å². The highest BCUT2D eigenvalue weighted by Crippen LogP contribution is 2.29. The fourth-order valence-corrected chi connectivity index (χ4v) is 2.33. The zero-order chi connectivity index (χ0) is 10.6. The molecular weight excluding hydrogens is 186 g/mol. The average Bonchev–Trinajstić information content (AvgIpc) is 2.77. The van der Waals surface area contributed by atoms with Crippen molar-refractivity contribution < 1.29 is 5.11 Å². The minimum Gasteiger partial charge on any atom is -0.394 e. The van der Waals surface area contributed by atoms with Crippen LogP contribution in [0.5, 0.6) is 0 Å². The van der Waals surface area contributed by atoms with Gasteiger partial charge in [-0.2, -0.15) is 0 Å². The minimum atomic E-state index is -0.00413. The Hall–Kier alpha value is -0.860. The van der Waals surface area contributed by atoms with Crippen molar-refractivity contribution in [3.05, 3.63) is 35.9 Å². The molecule has 0 spiro atoms. The molecule has 0 bridgehead atoms.